The molecule has 16 heavy (non-hydrogen) atoms. The fourth-order valence-corrected chi connectivity index (χ4v) is 2.24. The summed E-state index contributed by atoms with van der Waals surface area (Å²) in [4.78, 5) is 10.4. The van der Waals surface area contributed by atoms with Crippen LogP contribution in [-0.2, 0) is 11.2 Å². The van der Waals surface area contributed by atoms with Gasteiger partial charge in [0.15, 0.2) is 0 Å². The van der Waals surface area contributed by atoms with E-state index in [2.05, 4.69) is 30.3 Å². The molecule has 0 saturated carbocycles. The molecule has 0 spiro atoms. The molecule has 0 bridgehead atoms. The van der Waals surface area contributed by atoms with E-state index in [-0.39, 0.29) is 0 Å². The lowest BCUT2D eigenvalue weighted by Crippen LogP contribution is -2.01. The lowest BCUT2D eigenvalue weighted by atomic mass is 9.86. The van der Waals surface area contributed by atoms with Crippen LogP contribution in [0.3, 0.4) is 0 Å². The smallest absolute Gasteiger partial charge is 0.143 e. The van der Waals surface area contributed by atoms with Crippen LogP contribution in [-0.4, -0.2) is 6.29 Å². The van der Waals surface area contributed by atoms with E-state index in [9.17, 15) is 4.79 Å². The summed E-state index contributed by atoms with van der Waals surface area (Å²) in [6.45, 7) is 1.97. The van der Waals surface area contributed by atoms with Crippen LogP contribution in [0, 0.1) is 0 Å². The van der Waals surface area contributed by atoms with E-state index in [1.165, 1.54) is 29.5 Å². The molecule has 0 unspecified atom stereocenters. The molecular weight excluding hydrogens is 196 g/mol. The van der Waals surface area contributed by atoms with Crippen LogP contribution in [0.1, 0.15) is 30.9 Å². The molecular formula is C15H16O. The van der Waals surface area contributed by atoms with Gasteiger partial charge in [-0.3, -0.25) is 4.79 Å². The normalized spacial score (nSPS) is 18.3. The Balaban J connectivity index is 2.38. The standard InChI is InChI=1S/C15H16O/c1-12(9-10-16)11-14-7-4-6-13-5-2-3-8-15(13)14/h2-3,5,8-11H,4,6-7H2,1H3. The summed E-state index contributed by atoms with van der Waals surface area (Å²) in [6, 6.07) is 8.54. The van der Waals surface area contributed by atoms with Crippen molar-refractivity contribution in [3.63, 3.8) is 0 Å². The summed E-state index contributed by atoms with van der Waals surface area (Å²) in [5, 5.41) is 0. The Labute approximate surface area is 96.5 Å². The highest BCUT2D eigenvalue weighted by Gasteiger charge is 2.12. The van der Waals surface area contributed by atoms with Crippen LogP contribution >= 0.6 is 0 Å². The second kappa shape index (κ2) is 4.93. The highest BCUT2D eigenvalue weighted by molar-refractivity contribution is 5.74. The fourth-order valence-electron chi connectivity index (χ4n) is 2.24. The van der Waals surface area contributed by atoms with Crippen molar-refractivity contribution < 1.29 is 4.79 Å². The van der Waals surface area contributed by atoms with Crippen molar-refractivity contribution in [1.82, 2.24) is 0 Å². The molecule has 0 aromatic heterocycles. The van der Waals surface area contributed by atoms with Crippen LogP contribution in [0.2, 0.25) is 0 Å². The van der Waals surface area contributed by atoms with Crippen molar-refractivity contribution in [3.8, 4) is 0 Å². The van der Waals surface area contributed by atoms with Crippen molar-refractivity contribution in [1.29, 1.82) is 0 Å². The van der Waals surface area contributed by atoms with Gasteiger partial charge >= 0.3 is 0 Å². The molecule has 0 atom stereocenters. The van der Waals surface area contributed by atoms with Gasteiger partial charge in [-0.15, -0.1) is 0 Å². The van der Waals surface area contributed by atoms with E-state index in [4.69, 9.17) is 0 Å². The number of carbonyl (C=O) groups is 1. The maximum Gasteiger partial charge on any atom is 0.143 e. The molecule has 1 aromatic rings. The van der Waals surface area contributed by atoms with Crippen LogP contribution in [0.15, 0.2) is 42.0 Å². The van der Waals surface area contributed by atoms with E-state index in [1.54, 1.807) is 6.08 Å². The molecule has 82 valence electrons. The van der Waals surface area contributed by atoms with E-state index in [1.807, 2.05) is 6.92 Å². The van der Waals surface area contributed by atoms with Crippen LogP contribution in [0.4, 0.5) is 0 Å². The number of benzene rings is 1. The largest absolute Gasteiger partial charge is 0.299 e. The van der Waals surface area contributed by atoms with Crippen LogP contribution in [0.25, 0.3) is 5.57 Å². The molecule has 0 heterocycles. The van der Waals surface area contributed by atoms with Crippen molar-refractivity contribution in [2.24, 2.45) is 0 Å². The zero-order chi connectivity index (χ0) is 11.4. The summed E-state index contributed by atoms with van der Waals surface area (Å²) in [7, 11) is 0. The molecule has 0 aliphatic heterocycles. The third-order valence-corrected chi connectivity index (χ3v) is 2.99. The van der Waals surface area contributed by atoms with Gasteiger partial charge in [-0.25, -0.2) is 0 Å². The highest BCUT2D eigenvalue weighted by atomic mass is 16.1. The lowest BCUT2D eigenvalue weighted by Gasteiger charge is -2.18. The van der Waals surface area contributed by atoms with Crippen molar-refractivity contribution >= 4 is 11.9 Å². The third kappa shape index (κ3) is 2.30. The number of allylic oxidation sites excluding steroid dienone is 4. The number of aryl methyl sites for hydroxylation is 1. The molecule has 0 fully saturated rings. The molecule has 0 amide bonds. The Morgan fingerprint density at radius 2 is 2.06 bits per heavy atom. The van der Waals surface area contributed by atoms with Crippen LogP contribution in [0.5, 0.6) is 0 Å². The first-order valence-electron chi connectivity index (χ1n) is 5.72. The van der Waals surface area contributed by atoms with E-state index < -0.39 is 0 Å². The van der Waals surface area contributed by atoms with Gasteiger partial charge in [-0.2, -0.15) is 0 Å². The SMILES string of the molecule is CC(=CC=O)C=C1CCCc2ccccc21. The molecule has 1 aromatic carbocycles. The predicted molar refractivity (Wildman–Crippen MR) is 67.2 cm³/mol. The van der Waals surface area contributed by atoms with Gasteiger partial charge in [-0.05, 0) is 54.5 Å². The average Bonchev–Trinajstić information content (AvgIpc) is 2.30. The monoisotopic (exact) mass is 212 g/mol. The fraction of sp³-hybridized carbons (Fsp3) is 0.267. The zero-order valence-corrected chi connectivity index (χ0v) is 9.57. The van der Waals surface area contributed by atoms with Gasteiger partial charge in [0, 0.05) is 0 Å². The Kier molecular flexibility index (Phi) is 3.35. The number of aldehydes is 1. The van der Waals surface area contributed by atoms with E-state index in [0.717, 1.165) is 18.3 Å². The zero-order valence-electron chi connectivity index (χ0n) is 9.57. The highest BCUT2D eigenvalue weighted by Crippen LogP contribution is 2.31. The first-order chi connectivity index (χ1) is 7.81. The topological polar surface area (TPSA) is 17.1 Å². The molecule has 0 radical (unpaired) electrons. The van der Waals surface area contributed by atoms with Gasteiger partial charge in [-0.1, -0.05) is 30.3 Å². The van der Waals surface area contributed by atoms with E-state index in [0.29, 0.717) is 0 Å². The summed E-state index contributed by atoms with van der Waals surface area (Å²) >= 11 is 0. The Bertz CT molecular complexity index is 452. The molecule has 1 aliphatic rings. The minimum Gasteiger partial charge on any atom is -0.299 e. The van der Waals surface area contributed by atoms with Gasteiger partial charge in [0.1, 0.15) is 6.29 Å². The first-order valence-corrected chi connectivity index (χ1v) is 5.72. The minimum absolute atomic E-state index is 0.848. The van der Waals surface area contributed by atoms with Gasteiger partial charge < -0.3 is 0 Å². The second-order valence-corrected chi connectivity index (χ2v) is 4.23. The Morgan fingerprint density at radius 1 is 1.25 bits per heavy atom. The Hall–Kier alpha value is -1.63. The van der Waals surface area contributed by atoms with Gasteiger partial charge in [0.25, 0.3) is 0 Å². The van der Waals surface area contributed by atoms with Gasteiger partial charge in [0.2, 0.25) is 0 Å². The lowest BCUT2D eigenvalue weighted by molar-refractivity contribution is -0.104. The van der Waals surface area contributed by atoms with Crippen molar-refractivity contribution in [2.75, 3.05) is 0 Å². The van der Waals surface area contributed by atoms with E-state index >= 15 is 0 Å². The number of carbonyl (C=O) groups excluding carboxylic acids is 1. The number of fused-ring (bicyclic) bond motifs is 1. The maximum atomic E-state index is 10.4. The minimum atomic E-state index is 0.848. The summed E-state index contributed by atoms with van der Waals surface area (Å²) < 4.78 is 0. The third-order valence-electron chi connectivity index (χ3n) is 2.99. The number of rotatable bonds is 2. The summed E-state index contributed by atoms with van der Waals surface area (Å²) in [6.07, 6.45) is 8.08. The first kappa shape index (κ1) is 10.9. The second-order valence-electron chi connectivity index (χ2n) is 4.23. The van der Waals surface area contributed by atoms with Crippen molar-refractivity contribution in [3.05, 3.63) is 53.1 Å². The summed E-state index contributed by atoms with van der Waals surface area (Å²) in [5.74, 6) is 0. The quantitative estimate of drug-likeness (QED) is 0.541. The molecule has 2 rings (SSSR count). The van der Waals surface area contributed by atoms with Gasteiger partial charge in [0.05, 0.1) is 0 Å². The molecule has 0 saturated heterocycles. The molecule has 1 aliphatic carbocycles. The summed E-state index contributed by atoms with van der Waals surface area (Å²) in [5.41, 5.74) is 5.17. The van der Waals surface area contributed by atoms with Crippen LogP contribution < -0.4 is 0 Å². The maximum absolute atomic E-state index is 10.4. The Morgan fingerprint density at radius 3 is 2.88 bits per heavy atom. The molecule has 0 N–H and O–H groups in total. The number of hydrogen-bond donors (Lipinski definition) is 0. The molecule has 1 nitrogen and oxygen atoms in total. The average molecular weight is 212 g/mol. The van der Waals surface area contributed by atoms with Crippen molar-refractivity contribution in [2.45, 2.75) is 26.2 Å². The number of hydrogen-bond acceptors (Lipinski definition) is 1. The molecule has 1 heteroatoms. The predicted octanol–water partition coefficient (Wildman–Crippen LogP) is 3.55.